The smallest absolute Gasteiger partial charge is 0.0843 e. The highest BCUT2D eigenvalue weighted by Gasteiger charge is 2.15. The lowest BCUT2D eigenvalue weighted by Crippen LogP contribution is -2.35. The van der Waals surface area contributed by atoms with Crippen LogP contribution in [0.3, 0.4) is 0 Å². The lowest BCUT2D eigenvalue weighted by molar-refractivity contribution is 0.150. The normalized spacial score (nSPS) is 14.4. The van der Waals surface area contributed by atoms with Gasteiger partial charge in [-0.1, -0.05) is 6.92 Å². The summed E-state index contributed by atoms with van der Waals surface area (Å²) < 4.78 is 4.72. The SMILES string of the molecule is CC[C@@H](C)NC[C@H](O)Cn1c2ccc(I)cc2c2cc(I)ccc21. The average molecular weight is 548 g/mol. The molecule has 24 heavy (non-hydrogen) atoms. The van der Waals surface area contributed by atoms with Crippen LogP contribution in [0.25, 0.3) is 21.8 Å². The van der Waals surface area contributed by atoms with E-state index in [4.69, 9.17) is 0 Å². The van der Waals surface area contributed by atoms with Crippen molar-refractivity contribution in [2.75, 3.05) is 6.54 Å². The molecule has 0 aliphatic rings. The van der Waals surface area contributed by atoms with Gasteiger partial charge in [-0.3, -0.25) is 0 Å². The fourth-order valence-electron chi connectivity index (χ4n) is 3.00. The van der Waals surface area contributed by atoms with Crippen molar-refractivity contribution in [2.45, 2.75) is 39.0 Å². The maximum absolute atomic E-state index is 10.5. The number of aromatic nitrogens is 1. The van der Waals surface area contributed by atoms with Crippen LogP contribution in [0.4, 0.5) is 0 Å². The summed E-state index contributed by atoms with van der Waals surface area (Å²) >= 11 is 4.72. The molecule has 0 fully saturated rings. The molecular formula is C19H22I2N2O. The van der Waals surface area contributed by atoms with Crippen LogP contribution in [0.5, 0.6) is 0 Å². The number of fused-ring (bicyclic) bond motifs is 3. The van der Waals surface area contributed by atoms with Crippen LogP contribution in [0.2, 0.25) is 0 Å². The summed E-state index contributed by atoms with van der Waals surface area (Å²) in [7, 11) is 0. The molecule has 2 N–H and O–H groups in total. The fourth-order valence-corrected chi connectivity index (χ4v) is 3.98. The Hall–Kier alpha value is -0.380. The fraction of sp³-hybridized carbons (Fsp3) is 0.368. The summed E-state index contributed by atoms with van der Waals surface area (Å²) in [6.07, 6.45) is 0.662. The molecule has 128 valence electrons. The zero-order valence-electron chi connectivity index (χ0n) is 13.9. The van der Waals surface area contributed by atoms with Crippen LogP contribution >= 0.6 is 45.2 Å². The Morgan fingerprint density at radius 2 is 1.58 bits per heavy atom. The molecular weight excluding hydrogens is 526 g/mol. The van der Waals surface area contributed by atoms with E-state index in [9.17, 15) is 5.11 Å². The van der Waals surface area contributed by atoms with Crippen LogP contribution in [0, 0.1) is 7.14 Å². The number of nitrogens with zero attached hydrogens (tertiary/aromatic N) is 1. The second-order valence-corrected chi connectivity index (χ2v) is 8.80. The van der Waals surface area contributed by atoms with E-state index in [2.05, 4.69) is 105 Å². The summed E-state index contributed by atoms with van der Waals surface area (Å²) in [5.74, 6) is 0. The monoisotopic (exact) mass is 548 g/mol. The number of halogens is 2. The van der Waals surface area contributed by atoms with Crippen LogP contribution < -0.4 is 5.32 Å². The first-order valence-corrected chi connectivity index (χ1v) is 10.4. The topological polar surface area (TPSA) is 37.2 Å². The Bertz CT molecular complexity index is 800. The molecule has 0 spiro atoms. The zero-order valence-corrected chi connectivity index (χ0v) is 18.2. The van der Waals surface area contributed by atoms with Gasteiger partial charge in [-0.15, -0.1) is 0 Å². The minimum Gasteiger partial charge on any atom is -0.390 e. The highest BCUT2D eigenvalue weighted by molar-refractivity contribution is 14.1. The van der Waals surface area contributed by atoms with Crippen molar-refractivity contribution in [1.29, 1.82) is 0 Å². The third-order valence-corrected chi connectivity index (χ3v) is 5.84. The van der Waals surface area contributed by atoms with Gasteiger partial charge in [0, 0.05) is 41.5 Å². The van der Waals surface area contributed by atoms with E-state index >= 15 is 0 Å². The quantitative estimate of drug-likeness (QED) is 0.437. The molecule has 2 aromatic carbocycles. The summed E-state index contributed by atoms with van der Waals surface area (Å²) in [4.78, 5) is 0. The Balaban J connectivity index is 1.99. The summed E-state index contributed by atoms with van der Waals surface area (Å²) in [5.41, 5.74) is 2.38. The lowest BCUT2D eigenvalue weighted by Gasteiger charge is -2.17. The predicted molar refractivity (Wildman–Crippen MR) is 119 cm³/mol. The van der Waals surface area contributed by atoms with E-state index in [1.165, 1.54) is 28.9 Å². The Morgan fingerprint density at radius 3 is 2.08 bits per heavy atom. The van der Waals surface area contributed by atoms with Gasteiger partial charge in [0.2, 0.25) is 0 Å². The largest absolute Gasteiger partial charge is 0.390 e. The molecule has 0 radical (unpaired) electrons. The maximum atomic E-state index is 10.5. The summed E-state index contributed by atoms with van der Waals surface area (Å²) in [6.45, 7) is 5.52. The molecule has 2 atom stereocenters. The Kier molecular flexibility index (Phi) is 6.05. The van der Waals surface area contributed by atoms with Crippen LogP contribution in [0.1, 0.15) is 20.3 Å². The van der Waals surface area contributed by atoms with Crippen LogP contribution in [0.15, 0.2) is 36.4 Å². The molecule has 3 aromatic rings. The zero-order chi connectivity index (χ0) is 17.3. The molecule has 0 aliphatic carbocycles. The molecule has 3 rings (SSSR count). The molecule has 5 heteroatoms. The molecule has 0 bridgehead atoms. The second kappa shape index (κ2) is 7.88. The van der Waals surface area contributed by atoms with Gasteiger partial charge < -0.3 is 15.0 Å². The van der Waals surface area contributed by atoms with Gasteiger partial charge in [-0.05, 0) is 94.9 Å². The minimum absolute atomic E-state index is 0.406. The van der Waals surface area contributed by atoms with Crippen LogP contribution in [-0.4, -0.2) is 28.4 Å². The second-order valence-electron chi connectivity index (χ2n) is 6.30. The standard InChI is InChI=1S/C19H22I2N2O/c1-3-12(2)22-10-15(24)11-23-18-6-4-13(20)8-16(18)17-9-14(21)5-7-19(17)23/h4-9,12,15,22,24H,3,10-11H2,1-2H3/t12-,15+/m1/s1. The molecule has 1 heterocycles. The van der Waals surface area contributed by atoms with Gasteiger partial charge in [0.25, 0.3) is 0 Å². The van der Waals surface area contributed by atoms with Crippen molar-refractivity contribution < 1.29 is 5.11 Å². The van der Waals surface area contributed by atoms with Gasteiger partial charge in [-0.25, -0.2) is 0 Å². The van der Waals surface area contributed by atoms with Gasteiger partial charge in [0.15, 0.2) is 0 Å². The van der Waals surface area contributed by atoms with Crippen molar-refractivity contribution in [3.8, 4) is 0 Å². The number of aliphatic hydroxyl groups is 1. The van der Waals surface area contributed by atoms with E-state index in [1.54, 1.807) is 0 Å². The molecule has 3 nitrogen and oxygen atoms in total. The van der Waals surface area contributed by atoms with Gasteiger partial charge in [0.05, 0.1) is 12.6 Å². The predicted octanol–water partition coefficient (Wildman–Crippen LogP) is 4.75. The first kappa shape index (κ1) is 18.4. The Labute approximate surface area is 170 Å². The summed E-state index contributed by atoms with van der Waals surface area (Å²) in [6, 6.07) is 13.5. The highest BCUT2D eigenvalue weighted by atomic mass is 127. The first-order chi connectivity index (χ1) is 11.5. The van der Waals surface area contributed by atoms with Gasteiger partial charge >= 0.3 is 0 Å². The van der Waals surface area contributed by atoms with Crippen molar-refractivity contribution in [3.05, 3.63) is 43.5 Å². The highest BCUT2D eigenvalue weighted by Crippen LogP contribution is 2.31. The lowest BCUT2D eigenvalue weighted by atomic mass is 10.2. The Morgan fingerprint density at radius 1 is 1.04 bits per heavy atom. The van der Waals surface area contributed by atoms with Crippen molar-refractivity contribution in [2.24, 2.45) is 0 Å². The van der Waals surface area contributed by atoms with E-state index in [1.807, 2.05) is 0 Å². The molecule has 0 aliphatic heterocycles. The minimum atomic E-state index is -0.406. The third-order valence-electron chi connectivity index (χ3n) is 4.50. The van der Waals surface area contributed by atoms with Crippen molar-refractivity contribution >= 4 is 67.0 Å². The molecule has 0 saturated heterocycles. The van der Waals surface area contributed by atoms with Gasteiger partial charge in [-0.2, -0.15) is 0 Å². The van der Waals surface area contributed by atoms with Gasteiger partial charge in [0.1, 0.15) is 0 Å². The number of aliphatic hydroxyl groups excluding tert-OH is 1. The third kappa shape index (κ3) is 3.89. The number of nitrogens with one attached hydrogen (secondary N) is 1. The number of hydrogen-bond acceptors (Lipinski definition) is 2. The van der Waals surface area contributed by atoms with E-state index in [0.717, 1.165) is 6.42 Å². The van der Waals surface area contributed by atoms with E-state index in [0.29, 0.717) is 19.1 Å². The van der Waals surface area contributed by atoms with Crippen molar-refractivity contribution in [3.63, 3.8) is 0 Å². The molecule has 0 unspecified atom stereocenters. The summed E-state index contributed by atoms with van der Waals surface area (Å²) in [5, 5.41) is 16.4. The number of rotatable bonds is 6. The molecule has 1 aromatic heterocycles. The maximum Gasteiger partial charge on any atom is 0.0843 e. The number of benzene rings is 2. The molecule has 0 saturated carbocycles. The van der Waals surface area contributed by atoms with E-state index in [-0.39, 0.29) is 0 Å². The van der Waals surface area contributed by atoms with Crippen molar-refractivity contribution in [1.82, 2.24) is 9.88 Å². The van der Waals surface area contributed by atoms with Crippen LogP contribution in [-0.2, 0) is 6.54 Å². The van der Waals surface area contributed by atoms with E-state index < -0.39 is 6.10 Å². The average Bonchev–Trinajstić information content (AvgIpc) is 2.85. The molecule has 0 amide bonds. The first-order valence-electron chi connectivity index (χ1n) is 8.28. The number of hydrogen-bond donors (Lipinski definition) is 2.